The second kappa shape index (κ2) is 17.5. The normalized spacial score (nSPS) is 32.2. The van der Waals surface area contributed by atoms with Crippen molar-refractivity contribution in [3.63, 3.8) is 0 Å². The summed E-state index contributed by atoms with van der Waals surface area (Å²) in [5.74, 6) is 3.78. The molecule has 0 spiro atoms. The Morgan fingerprint density at radius 3 is 2.27 bits per heavy atom. The summed E-state index contributed by atoms with van der Waals surface area (Å²) in [6, 6.07) is 0. The maximum absolute atomic E-state index is 12.2. The molecule has 5 heteroatoms. The Bertz CT molecular complexity index is 830. The number of carbonyl (C=O) groups excluding carboxylic acids is 2. The highest BCUT2D eigenvalue weighted by Crippen LogP contribution is 2.64. The van der Waals surface area contributed by atoms with Crippen LogP contribution < -0.4 is 0 Å². The SMILES string of the molecule is CC.CCCCCCCCC[C@@H]1CC2=CC(=O)CC[C@@H]2C2CC[C@@]3(C)C(CC[C@@H]3OC(C)=O)C21.COSC(C)(C)C. The zero-order valence-corrected chi connectivity index (χ0v) is 29.0. The molecule has 3 unspecified atom stereocenters. The molecule has 4 aliphatic carbocycles. The van der Waals surface area contributed by atoms with Crippen molar-refractivity contribution in [2.75, 3.05) is 7.11 Å². The lowest BCUT2D eigenvalue weighted by atomic mass is 9.49. The summed E-state index contributed by atoms with van der Waals surface area (Å²) in [4.78, 5) is 24.0. The Morgan fingerprint density at radius 2 is 1.68 bits per heavy atom. The molecule has 3 saturated carbocycles. The number of unbranched alkanes of at least 4 members (excludes halogenated alkanes) is 6. The molecule has 0 N–H and O–H groups in total. The van der Waals surface area contributed by atoms with Gasteiger partial charge in [-0.2, -0.15) is 0 Å². The van der Waals surface area contributed by atoms with E-state index in [9.17, 15) is 9.59 Å². The summed E-state index contributed by atoms with van der Waals surface area (Å²) in [6.45, 7) is 16.6. The average molecular weight is 593 g/mol. The highest BCUT2D eigenvalue weighted by atomic mass is 32.2. The molecule has 0 saturated heterocycles. The maximum atomic E-state index is 12.2. The van der Waals surface area contributed by atoms with E-state index in [1.165, 1.54) is 88.2 Å². The number of hydrogen-bond donors (Lipinski definition) is 0. The molecule has 0 aromatic heterocycles. The van der Waals surface area contributed by atoms with E-state index in [-0.39, 0.29) is 22.2 Å². The molecule has 0 aliphatic heterocycles. The molecule has 41 heavy (non-hydrogen) atoms. The summed E-state index contributed by atoms with van der Waals surface area (Å²) < 4.78 is 10.9. The number of hydrogen-bond acceptors (Lipinski definition) is 5. The number of esters is 1. The second-order valence-electron chi connectivity index (χ2n) is 14.1. The molecule has 4 rings (SSSR count). The summed E-state index contributed by atoms with van der Waals surface area (Å²) in [5, 5.41) is 0. The third-order valence-electron chi connectivity index (χ3n) is 10.2. The number of ketones is 1. The monoisotopic (exact) mass is 592 g/mol. The molecule has 7 atom stereocenters. The zero-order valence-electron chi connectivity index (χ0n) is 28.2. The van der Waals surface area contributed by atoms with Crippen molar-refractivity contribution in [1.82, 2.24) is 0 Å². The topological polar surface area (TPSA) is 52.6 Å². The minimum absolute atomic E-state index is 0.107. The van der Waals surface area contributed by atoms with Crippen molar-refractivity contribution in [3.05, 3.63) is 11.6 Å². The van der Waals surface area contributed by atoms with E-state index in [0.29, 0.717) is 23.5 Å². The lowest BCUT2D eigenvalue weighted by molar-refractivity contribution is -0.157. The van der Waals surface area contributed by atoms with Crippen LogP contribution in [-0.4, -0.2) is 29.7 Å². The van der Waals surface area contributed by atoms with Gasteiger partial charge in [-0.1, -0.05) is 78.2 Å². The fourth-order valence-corrected chi connectivity index (χ4v) is 9.13. The van der Waals surface area contributed by atoms with Crippen molar-refractivity contribution in [3.8, 4) is 0 Å². The van der Waals surface area contributed by atoms with Gasteiger partial charge in [0.25, 0.3) is 0 Å². The van der Waals surface area contributed by atoms with Gasteiger partial charge in [0.2, 0.25) is 0 Å². The van der Waals surface area contributed by atoms with E-state index < -0.39 is 0 Å². The molecule has 238 valence electrons. The Kier molecular flexibility index (Phi) is 15.5. The number of rotatable bonds is 10. The first kappa shape index (κ1) is 36.4. The molecule has 0 radical (unpaired) electrons. The van der Waals surface area contributed by atoms with Crippen molar-refractivity contribution < 1.29 is 18.5 Å². The van der Waals surface area contributed by atoms with E-state index in [0.717, 1.165) is 37.5 Å². The molecule has 0 aromatic carbocycles. The Labute approximate surface area is 258 Å². The quantitative estimate of drug-likeness (QED) is 0.143. The van der Waals surface area contributed by atoms with Crippen LogP contribution in [0.4, 0.5) is 0 Å². The fraction of sp³-hybridized carbons (Fsp3) is 0.889. The first-order chi connectivity index (χ1) is 19.5. The van der Waals surface area contributed by atoms with Gasteiger partial charge in [-0.05, 0) is 113 Å². The fourth-order valence-electron chi connectivity index (χ4n) is 8.63. The number of allylic oxidation sites excluding steroid dienone is 1. The van der Waals surface area contributed by atoms with E-state index >= 15 is 0 Å². The van der Waals surface area contributed by atoms with Crippen molar-refractivity contribution in [2.24, 2.45) is 35.0 Å². The van der Waals surface area contributed by atoms with Crippen LogP contribution in [0, 0.1) is 35.0 Å². The van der Waals surface area contributed by atoms with Crippen LogP contribution in [0.2, 0.25) is 0 Å². The van der Waals surface area contributed by atoms with Crippen LogP contribution in [0.5, 0.6) is 0 Å². The van der Waals surface area contributed by atoms with Gasteiger partial charge in [-0.3, -0.25) is 9.59 Å². The zero-order chi connectivity index (χ0) is 30.6. The molecule has 4 aliphatic rings. The average Bonchev–Trinajstić information content (AvgIpc) is 3.24. The highest BCUT2D eigenvalue weighted by Gasteiger charge is 2.59. The van der Waals surface area contributed by atoms with E-state index in [1.807, 2.05) is 19.9 Å². The largest absolute Gasteiger partial charge is 0.462 e. The van der Waals surface area contributed by atoms with Crippen molar-refractivity contribution in [2.45, 2.75) is 163 Å². The Hall–Kier alpha value is -0.810. The molecule has 0 bridgehead atoms. The van der Waals surface area contributed by atoms with Gasteiger partial charge in [-0.25, -0.2) is 0 Å². The van der Waals surface area contributed by atoms with Crippen LogP contribution in [-0.2, 0) is 18.5 Å². The van der Waals surface area contributed by atoms with Gasteiger partial charge < -0.3 is 8.92 Å². The smallest absolute Gasteiger partial charge is 0.302 e. The molecule has 0 aromatic rings. The number of fused-ring (bicyclic) bond motifs is 5. The van der Waals surface area contributed by atoms with Gasteiger partial charge in [0.05, 0.1) is 7.11 Å². The van der Waals surface area contributed by atoms with Crippen molar-refractivity contribution >= 4 is 23.8 Å². The van der Waals surface area contributed by atoms with Crippen LogP contribution in [0.15, 0.2) is 11.6 Å². The van der Waals surface area contributed by atoms with Crippen LogP contribution in [0.1, 0.15) is 152 Å². The molecular formula is C36H64O4S. The van der Waals surface area contributed by atoms with Crippen molar-refractivity contribution in [1.29, 1.82) is 0 Å². The van der Waals surface area contributed by atoms with Crippen LogP contribution >= 0.6 is 12.0 Å². The highest BCUT2D eigenvalue weighted by molar-refractivity contribution is 7.96. The summed E-state index contributed by atoms with van der Waals surface area (Å²) >= 11 is 1.49. The minimum Gasteiger partial charge on any atom is -0.462 e. The first-order valence-corrected chi connectivity index (χ1v) is 17.9. The third-order valence-corrected chi connectivity index (χ3v) is 10.9. The summed E-state index contributed by atoms with van der Waals surface area (Å²) in [7, 11) is 1.69. The first-order valence-electron chi connectivity index (χ1n) is 17.1. The van der Waals surface area contributed by atoms with E-state index in [4.69, 9.17) is 8.92 Å². The number of ether oxygens (including phenoxy) is 1. The second-order valence-corrected chi connectivity index (χ2v) is 15.9. The summed E-state index contributed by atoms with van der Waals surface area (Å²) in [6.07, 6.45) is 20.7. The van der Waals surface area contributed by atoms with Gasteiger partial charge >= 0.3 is 5.97 Å². The molecule has 4 nitrogen and oxygen atoms in total. The predicted octanol–water partition coefficient (Wildman–Crippen LogP) is 10.5. The van der Waals surface area contributed by atoms with Crippen LogP contribution in [0.25, 0.3) is 0 Å². The van der Waals surface area contributed by atoms with E-state index in [2.05, 4.69) is 34.6 Å². The Balaban J connectivity index is 0.000000573. The van der Waals surface area contributed by atoms with Gasteiger partial charge in [0, 0.05) is 23.5 Å². The predicted molar refractivity (Wildman–Crippen MR) is 175 cm³/mol. The maximum Gasteiger partial charge on any atom is 0.302 e. The third kappa shape index (κ3) is 10.4. The van der Waals surface area contributed by atoms with Gasteiger partial charge in [0.15, 0.2) is 5.78 Å². The molecule has 3 fully saturated rings. The van der Waals surface area contributed by atoms with Gasteiger partial charge in [-0.15, -0.1) is 0 Å². The lowest BCUT2D eigenvalue weighted by Crippen LogP contribution is -2.51. The molecule has 0 heterocycles. The minimum atomic E-state index is -0.113. The molecular weight excluding hydrogens is 528 g/mol. The lowest BCUT2D eigenvalue weighted by Gasteiger charge is -2.56. The number of carbonyl (C=O) groups is 2. The van der Waals surface area contributed by atoms with Gasteiger partial charge in [0.1, 0.15) is 6.10 Å². The van der Waals surface area contributed by atoms with E-state index in [1.54, 1.807) is 14.0 Å². The Morgan fingerprint density at radius 1 is 1.02 bits per heavy atom. The van der Waals surface area contributed by atoms with Crippen LogP contribution in [0.3, 0.4) is 0 Å². The molecule has 0 amide bonds. The summed E-state index contributed by atoms with van der Waals surface area (Å²) in [5.41, 5.74) is 1.64. The standard InChI is InChI=1S/C29H46O3.C5H12OS.C2H6/c1-4-5-6-7-8-9-10-11-21-18-22-19-23(31)12-13-24(22)25-16-17-29(3)26(28(21)25)14-15-27(29)32-20(2)30;1-5(2,3)7-6-4;1-2/h19,21,24-28H,4-18H2,1-3H3;1-4H3;1-2H3/t21-,24+,25?,26?,27+,28?,29+;;/m1../s1.